The fourth-order valence-electron chi connectivity index (χ4n) is 3.34. The molecule has 1 aromatic heterocycles. The summed E-state index contributed by atoms with van der Waals surface area (Å²) in [5, 5.41) is 17.6. The Kier molecular flexibility index (Phi) is 3.73. The second kappa shape index (κ2) is 5.93. The molecule has 5 nitrogen and oxygen atoms in total. The lowest BCUT2D eigenvalue weighted by molar-refractivity contribution is 0.0711. The number of hydrogen-bond acceptors (Lipinski definition) is 3. The van der Waals surface area contributed by atoms with E-state index in [-0.39, 0.29) is 24.6 Å². The van der Waals surface area contributed by atoms with E-state index in [0.29, 0.717) is 10.9 Å². The number of aromatic nitrogens is 2. The number of halogens is 2. The number of carbonyl (C=O) groups is 1. The zero-order valence-electron chi connectivity index (χ0n) is 13.1. The van der Waals surface area contributed by atoms with Crippen LogP contribution in [0.25, 0.3) is 10.9 Å². The molecule has 1 aliphatic rings. The SMILES string of the molecule is O=C(c1n[nH]c2ccccc12)N1C[C@H](O)C[C@H]1c1ccc(F)c(F)c1. The largest absolute Gasteiger partial charge is 0.391 e. The number of benzene rings is 2. The number of H-pyrrole nitrogens is 1. The zero-order valence-corrected chi connectivity index (χ0v) is 13.1. The average Bonchev–Trinajstić information content (AvgIpc) is 3.20. The minimum Gasteiger partial charge on any atom is -0.391 e. The summed E-state index contributed by atoms with van der Waals surface area (Å²) in [5.74, 6) is -2.28. The fourth-order valence-corrected chi connectivity index (χ4v) is 3.34. The topological polar surface area (TPSA) is 69.2 Å². The molecule has 1 aliphatic heterocycles. The van der Waals surface area contributed by atoms with Gasteiger partial charge in [-0.1, -0.05) is 24.3 Å². The number of nitrogens with one attached hydrogen (secondary N) is 1. The number of likely N-dealkylation sites (tertiary alicyclic amines) is 1. The summed E-state index contributed by atoms with van der Waals surface area (Å²) in [7, 11) is 0. The Balaban J connectivity index is 1.72. The van der Waals surface area contributed by atoms with Crippen LogP contribution in [-0.4, -0.2) is 38.8 Å². The van der Waals surface area contributed by atoms with Crippen molar-refractivity contribution in [3.05, 3.63) is 65.4 Å². The van der Waals surface area contributed by atoms with E-state index >= 15 is 0 Å². The maximum Gasteiger partial charge on any atom is 0.275 e. The second-order valence-corrected chi connectivity index (χ2v) is 6.15. The first-order valence-electron chi connectivity index (χ1n) is 7.91. The van der Waals surface area contributed by atoms with Crippen LogP contribution in [0.3, 0.4) is 0 Å². The Morgan fingerprint density at radius 3 is 2.80 bits per heavy atom. The van der Waals surface area contributed by atoms with Gasteiger partial charge in [0.15, 0.2) is 17.3 Å². The molecule has 1 fully saturated rings. The van der Waals surface area contributed by atoms with E-state index in [1.54, 1.807) is 12.1 Å². The van der Waals surface area contributed by atoms with Gasteiger partial charge >= 0.3 is 0 Å². The number of aromatic amines is 1. The van der Waals surface area contributed by atoms with E-state index in [2.05, 4.69) is 10.2 Å². The Bertz CT molecular complexity index is 956. The van der Waals surface area contributed by atoms with E-state index in [0.717, 1.165) is 17.6 Å². The van der Waals surface area contributed by atoms with Gasteiger partial charge in [-0.25, -0.2) is 8.78 Å². The van der Waals surface area contributed by atoms with Crippen LogP contribution < -0.4 is 0 Å². The van der Waals surface area contributed by atoms with Gasteiger partial charge in [-0.3, -0.25) is 9.89 Å². The van der Waals surface area contributed by atoms with Crippen molar-refractivity contribution in [1.29, 1.82) is 0 Å². The van der Waals surface area contributed by atoms with E-state index in [1.165, 1.54) is 11.0 Å². The summed E-state index contributed by atoms with van der Waals surface area (Å²) in [4.78, 5) is 14.4. The van der Waals surface area contributed by atoms with Gasteiger partial charge in [-0.05, 0) is 30.2 Å². The number of rotatable bonds is 2. The van der Waals surface area contributed by atoms with Crippen molar-refractivity contribution in [2.45, 2.75) is 18.6 Å². The van der Waals surface area contributed by atoms with Crippen molar-refractivity contribution in [2.24, 2.45) is 0 Å². The number of aliphatic hydroxyl groups excluding tert-OH is 1. The maximum atomic E-state index is 13.6. The van der Waals surface area contributed by atoms with Crippen LogP contribution in [0.4, 0.5) is 8.78 Å². The lowest BCUT2D eigenvalue weighted by Crippen LogP contribution is -2.32. The standard InChI is InChI=1S/C18H15F2N3O2/c19-13-6-5-10(7-14(13)20)16-8-11(24)9-23(16)18(25)17-12-3-1-2-4-15(12)21-22-17/h1-7,11,16,24H,8-9H2,(H,21,22)/t11-,16+/m1/s1. The molecule has 0 radical (unpaired) electrons. The molecule has 2 heterocycles. The Morgan fingerprint density at radius 2 is 2.00 bits per heavy atom. The molecule has 1 amide bonds. The highest BCUT2D eigenvalue weighted by atomic mass is 19.2. The first-order valence-corrected chi connectivity index (χ1v) is 7.91. The number of β-amino-alcohol motifs (C(OH)–C–C–N with tert-alkyl or cyclic N) is 1. The van der Waals surface area contributed by atoms with Crippen molar-refractivity contribution in [1.82, 2.24) is 15.1 Å². The predicted octanol–water partition coefficient (Wildman–Crippen LogP) is 2.79. The van der Waals surface area contributed by atoms with Crippen LogP contribution in [0.2, 0.25) is 0 Å². The monoisotopic (exact) mass is 343 g/mol. The average molecular weight is 343 g/mol. The van der Waals surface area contributed by atoms with E-state index in [4.69, 9.17) is 0 Å². The summed E-state index contributed by atoms with van der Waals surface area (Å²) in [6.45, 7) is 0.115. The molecule has 2 atom stereocenters. The van der Waals surface area contributed by atoms with Crippen molar-refractivity contribution in [3.63, 3.8) is 0 Å². The third kappa shape index (κ3) is 2.66. The Hall–Kier alpha value is -2.80. The second-order valence-electron chi connectivity index (χ2n) is 6.15. The lowest BCUT2D eigenvalue weighted by atomic mass is 10.0. The minimum absolute atomic E-state index is 0.115. The third-order valence-corrected chi connectivity index (χ3v) is 4.54. The first kappa shape index (κ1) is 15.7. The molecule has 7 heteroatoms. The molecule has 0 saturated carbocycles. The summed E-state index contributed by atoms with van der Waals surface area (Å²) in [6.07, 6.45) is -0.466. The molecule has 0 bridgehead atoms. The molecule has 0 spiro atoms. The number of aliphatic hydroxyl groups is 1. The molecule has 0 unspecified atom stereocenters. The van der Waals surface area contributed by atoms with Crippen LogP contribution in [0.1, 0.15) is 28.5 Å². The fraction of sp³-hybridized carbons (Fsp3) is 0.222. The van der Waals surface area contributed by atoms with Gasteiger partial charge in [-0.2, -0.15) is 5.10 Å². The number of fused-ring (bicyclic) bond motifs is 1. The van der Waals surface area contributed by atoms with Crippen LogP contribution in [-0.2, 0) is 0 Å². The number of carbonyl (C=O) groups excluding carboxylic acids is 1. The quantitative estimate of drug-likeness (QED) is 0.752. The van der Waals surface area contributed by atoms with Gasteiger partial charge in [-0.15, -0.1) is 0 Å². The van der Waals surface area contributed by atoms with Gasteiger partial charge in [0.1, 0.15) is 0 Å². The third-order valence-electron chi connectivity index (χ3n) is 4.54. The number of hydrogen-bond donors (Lipinski definition) is 2. The van der Waals surface area contributed by atoms with Crippen LogP contribution in [0.5, 0.6) is 0 Å². The molecule has 4 rings (SSSR count). The summed E-state index contributed by atoms with van der Waals surface area (Å²) in [6, 6.07) is 10.2. The molecule has 3 aromatic rings. The van der Waals surface area contributed by atoms with E-state index in [9.17, 15) is 18.7 Å². The van der Waals surface area contributed by atoms with Gasteiger partial charge in [0.25, 0.3) is 5.91 Å². The molecule has 25 heavy (non-hydrogen) atoms. The van der Waals surface area contributed by atoms with Crippen LogP contribution >= 0.6 is 0 Å². The number of amides is 1. The van der Waals surface area contributed by atoms with Gasteiger partial charge in [0.05, 0.1) is 17.7 Å². The number of para-hydroxylation sites is 1. The summed E-state index contributed by atoms with van der Waals surface area (Å²) >= 11 is 0. The summed E-state index contributed by atoms with van der Waals surface area (Å²) in [5.41, 5.74) is 1.43. The molecule has 2 aromatic carbocycles. The normalized spacial score (nSPS) is 20.4. The molecule has 128 valence electrons. The smallest absolute Gasteiger partial charge is 0.275 e. The van der Waals surface area contributed by atoms with Gasteiger partial charge in [0.2, 0.25) is 0 Å². The summed E-state index contributed by atoms with van der Waals surface area (Å²) < 4.78 is 26.8. The van der Waals surface area contributed by atoms with E-state index < -0.39 is 23.8 Å². The Labute approximate surface area is 141 Å². The number of nitrogens with zero attached hydrogens (tertiary/aromatic N) is 2. The van der Waals surface area contributed by atoms with Crippen LogP contribution in [0, 0.1) is 11.6 Å². The van der Waals surface area contributed by atoms with Crippen molar-refractivity contribution in [3.8, 4) is 0 Å². The highest BCUT2D eigenvalue weighted by Crippen LogP contribution is 2.34. The zero-order chi connectivity index (χ0) is 17.6. The molecular formula is C18H15F2N3O2. The minimum atomic E-state index is -0.975. The first-order chi connectivity index (χ1) is 12.0. The van der Waals surface area contributed by atoms with Gasteiger partial charge in [0, 0.05) is 11.9 Å². The van der Waals surface area contributed by atoms with Crippen molar-refractivity contribution in [2.75, 3.05) is 6.54 Å². The van der Waals surface area contributed by atoms with Crippen LogP contribution in [0.15, 0.2) is 42.5 Å². The molecule has 2 N–H and O–H groups in total. The predicted molar refractivity (Wildman–Crippen MR) is 86.9 cm³/mol. The maximum absolute atomic E-state index is 13.6. The van der Waals surface area contributed by atoms with Crippen molar-refractivity contribution < 1.29 is 18.7 Å². The molecule has 0 aliphatic carbocycles. The Morgan fingerprint density at radius 1 is 1.20 bits per heavy atom. The molecule has 1 saturated heterocycles. The van der Waals surface area contributed by atoms with Gasteiger partial charge < -0.3 is 10.0 Å². The molecular weight excluding hydrogens is 328 g/mol. The lowest BCUT2D eigenvalue weighted by Gasteiger charge is -2.24. The van der Waals surface area contributed by atoms with Crippen molar-refractivity contribution >= 4 is 16.8 Å². The highest BCUT2D eigenvalue weighted by molar-refractivity contribution is 6.04. The highest BCUT2D eigenvalue weighted by Gasteiger charge is 2.37. The van der Waals surface area contributed by atoms with E-state index in [1.807, 2.05) is 12.1 Å².